The molecule has 0 amide bonds. The van der Waals surface area contributed by atoms with Crippen LogP contribution in [0.2, 0.25) is 6.32 Å². The summed E-state index contributed by atoms with van der Waals surface area (Å²) in [4.78, 5) is 14.1. The smallest absolute Gasteiger partial charge is 0.451 e. The van der Waals surface area contributed by atoms with Gasteiger partial charge in [0.25, 0.3) is 10.2 Å². The van der Waals surface area contributed by atoms with Crippen molar-refractivity contribution in [3.05, 3.63) is 0 Å². The third-order valence-electron chi connectivity index (χ3n) is 6.74. The lowest BCUT2D eigenvalue weighted by Crippen LogP contribution is -2.56. The van der Waals surface area contributed by atoms with Gasteiger partial charge in [-0.3, -0.25) is 9.69 Å². The quantitative estimate of drug-likeness (QED) is 0.349. The molecule has 5 N–H and O–H groups in total. The van der Waals surface area contributed by atoms with E-state index < -0.39 is 34.8 Å². The zero-order chi connectivity index (χ0) is 19.7. The van der Waals surface area contributed by atoms with Gasteiger partial charge in [-0.15, -0.1) is 0 Å². The molecule has 0 bridgehead atoms. The van der Waals surface area contributed by atoms with Crippen LogP contribution in [0.5, 0.6) is 0 Å². The average molecular weight is 402 g/mol. The van der Waals surface area contributed by atoms with E-state index in [9.17, 15) is 18.3 Å². The largest absolute Gasteiger partial charge is 0.480 e. The van der Waals surface area contributed by atoms with E-state index in [1.165, 1.54) is 4.31 Å². The molecule has 4 rings (SSSR count). The number of hydrogen-bond donors (Lipinski definition) is 4. The fraction of sp³-hybridized carbons (Fsp3) is 0.933. The first kappa shape index (κ1) is 19.6. The molecule has 4 fully saturated rings. The molecule has 2 saturated carbocycles. The number of carbonyl (C=O) groups is 1. The van der Waals surface area contributed by atoms with Gasteiger partial charge in [-0.1, -0.05) is 6.42 Å². The average Bonchev–Trinajstić information content (AvgIpc) is 3.47. The Balaban J connectivity index is 1.51. The van der Waals surface area contributed by atoms with Crippen molar-refractivity contribution in [3.63, 3.8) is 0 Å². The van der Waals surface area contributed by atoms with Crippen molar-refractivity contribution in [2.75, 3.05) is 20.1 Å². The molecule has 0 aromatic carbocycles. The normalized spacial score (nSPS) is 41.9. The van der Waals surface area contributed by atoms with Crippen LogP contribution in [0.15, 0.2) is 0 Å². The minimum atomic E-state index is -3.78. The van der Waals surface area contributed by atoms with E-state index in [4.69, 9.17) is 15.8 Å². The van der Waals surface area contributed by atoms with E-state index >= 15 is 0 Å². The number of aliphatic carboxylic acids is 1. The van der Waals surface area contributed by atoms with Crippen LogP contribution in [0, 0.1) is 5.92 Å². The van der Waals surface area contributed by atoms with Gasteiger partial charge >= 0.3 is 13.1 Å². The molecule has 10 nitrogen and oxygen atoms in total. The molecule has 6 atom stereocenters. The van der Waals surface area contributed by atoms with Crippen molar-refractivity contribution in [2.45, 2.75) is 61.7 Å². The van der Waals surface area contributed by atoms with Gasteiger partial charge in [0, 0.05) is 43.2 Å². The molecule has 0 aromatic heterocycles. The van der Waals surface area contributed by atoms with Crippen LogP contribution in [0.3, 0.4) is 0 Å². The Morgan fingerprint density at radius 3 is 2.33 bits per heavy atom. The summed E-state index contributed by atoms with van der Waals surface area (Å²) in [5.74, 6) is -1.79. The lowest BCUT2D eigenvalue weighted by Gasteiger charge is -2.33. The topological polar surface area (TPSA) is 148 Å². The predicted molar refractivity (Wildman–Crippen MR) is 96.8 cm³/mol. The number of hydrogen-bond acceptors (Lipinski definition) is 7. The van der Waals surface area contributed by atoms with Gasteiger partial charge in [-0.25, -0.2) is 0 Å². The summed E-state index contributed by atoms with van der Waals surface area (Å²) in [6, 6.07) is 0.471. The van der Waals surface area contributed by atoms with Gasteiger partial charge in [-0.2, -0.15) is 17.0 Å². The molecule has 2 aliphatic heterocycles. The van der Waals surface area contributed by atoms with Crippen molar-refractivity contribution in [3.8, 4) is 0 Å². The molecule has 2 aliphatic carbocycles. The number of nitrogens with zero attached hydrogens (tertiary/aromatic N) is 3. The Morgan fingerprint density at radius 1 is 1.22 bits per heavy atom. The highest BCUT2D eigenvalue weighted by Crippen LogP contribution is 2.52. The first-order valence-electron chi connectivity index (χ1n) is 9.46. The molecule has 12 heteroatoms. The summed E-state index contributed by atoms with van der Waals surface area (Å²) in [7, 11) is -3.21. The Labute approximate surface area is 159 Å². The molecule has 0 radical (unpaired) electrons. The van der Waals surface area contributed by atoms with Crippen molar-refractivity contribution in [2.24, 2.45) is 11.7 Å². The number of nitrogens with two attached hydrogens (primary N) is 1. The molecule has 0 aromatic rings. The fourth-order valence-electron chi connectivity index (χ4n) is 4.94. The van der Waals surface area contributed by atoms with Crippen molar-refractivity contribution in [1.29, 1.82) is 0 Å². The number of fused-ring (bicyclic) bond motifs is 2. The monoisotopic (exact) mass is 402 g/mol. The lowest BCUT2D eigenvalue weighted by molar-refractivity contribution is -0.144. The van der Waals surface area contributed by atoms with Crippen LogP contribution in [-0.2, 0) is 15.0 Å². The Bertz CT molecular complexity index is 720. The standard InChI is InChI=1S/C15H27BN4O6S/c1-18-10-5-12(10)20(13-6-11(13)18)27(25,26)19-7-9(3-2-4-16(23)24)15(17,8-19)14(21)22/h9-13,23-24H,2-8,17H2,1H3,(H,21,22)/t9-,10-,11-,12+,13?,15-/m0/s1. The first-order valence-corrected chi connectivity index (χ1v) is 10.9. The highest BCUT2D eigenvalue weighted by molar-refractivity contribution is 7.86. The van der Waals surface area contributed by atoms with E-state index in [1.807, 2.05) is 7.05 Å². The van der Waals surface area contributed by atoms with Crippen molar-refractivity contribution in [1.82, 2.24) is 13.5 Å². The van der Waals surface area contributed by atoms with Gasteiger partial charge < -0.3 is 20.9 Å². The molecule has 27 heavy (non-hydrogen) atoms. The zero-order valence-corrected chi connectivity index (χ0v) is 16.1. The summed E-state index contributed by atoms with van der Waals surface area (Å²) in [6.07, 6.45) is 2.44. The number of piperazine rings is 1. The van der Waals surface area contributed by atoms with Crippen LogP contribution in [-0.4, -0.2) is 100 Å². The molecule has 1 unspecified atom stereocenters. The highest BCUT2D eigenvalue weighted by atomic mass is 32.2. The fourth-order valence-corrected chi connectivity index (χ4v) is 7.08. The van der Waals surface area contributed by atoms with Crippen LogP contribution in [0.25, 0.3) is 0 Å². The highest BCUT2D eigenvalue weighted by Gasteiger charge is 2.67. The molecular weight excluding hydrogens is 375 g/mol. The maximum absolute atomic E-state index is 13.3. The van der Waals surface area contributed by atoms with E-state index in [2.05, 4.69) is 4.90 Å². The second-order valence-corrected chi connectivity index (χ2v) is 10.3. The Kier molecular flexibility index (Phi) is 4.62. The molecule has 2 saturated heterocycles. The third kappa shape index (κ3) is 3.11. The van der Waals surface area contributed by atoms with Gasteiger partial charge in [0.05, 0.1) is 0 Å². The van der Waals surface area contributed by atoms with Gasteiger partial charge in [-0.05, 0) is 32.6 Å². The zero-order valence-electron chi connectivity index (χ0n) is 15.3. The third-order valence-corrected chi connectivity index (χ3v) is 8.75. The summed E-state index contributed by atoms with van der Waals surface area (Å²) in [5, 5.41) is 27.6. The summed E-state index contributed by atoms with van der Waals surface area (Å²) in [6.45, 7) is -0.202. The van der Waals surface area contributed by atoms with E-state index in [0.717, 1.165) is 12.8 Å². The summed E-state index contributed by atoms with van der Waals surface area (Å²) < 4.78 is 29.5. The second kappa shape index (κ2) is 6.38. The molecule has 2 heterocycles. The Hall–Kier alpha value is -0.755. The molecule has 0 spiro atoms. The second-order valence-electron chi connectivity index (χ2n) is 8.49. The molecular formula is C15H27BN4O6S. The molecule has 152 valence electrons. The van der Waals surface area contributed by atoms with Gasteiger partial charge in [0.1, 0.15) is 5.54 Å². The predicted octanol–water partition coefficient (Wildman–Crippen LogP) is -2.27. The first-order chi connectivity index (χ1) is 12.6. The minimum absolute atomic E-state index is 0.0238. The number of likely N-dealkylation sites (N-methyl/N-ethyl adjacent to an activating group) is 1. The van der Waals surface area contributed by atoms with Crippen molar-refractivity contribution >= 4 is 23.3 Å². The minimum Gasteiger partial charge on any atom is -0.480 e. The molecule has 4 aliphatic rings. The number of carboxylic acid groups (broad SMARTS) is 1. The van der Waals surface area contributed by atoms with E-state index in [1.54, 1.807) is 4.31 Å². The maximum Gasteiger partial charge on any atom is 0.451 e. The van der Waals surface area contributed by atoms with E-state index in [0.29, 0.717) is 12.8 Å². The maximum atomic E-state index is 13.3. The number of rotatable bonds is 7. The van der Waals surface area contributed by atoms with Crippen LogP contribution in [0.4, 0.5) is 0 Å². The summed E-state index contributed by atoms with van der Waals surface area (Å²) in [5.41, 5.74) is 4.47. The summed E-state index contributed by atoms with van der Waals surface area (Å²) >= 11 is 0. The lowest BCUT2D eigenvalue weighted by atomic mass is 9.78. The van der Waals surface area contributed by atoms with Gasteiger partial charge in [0.15, 0.2) is 0 Å². The van der Waals surface area contributed by atoms with Crippen LogP contribution in [0.1, 0.15) is 25.7 Å². The van der Waals surface area contributed by atoms with Gasteiger partial charge in [0.2, 0.25) is 0 Å². The Morgan fingerprint density at radius 2 is 1.81 bits per heavy atom. The van der Waals surface area contributed by atoms with Crippen LogP contribution >= 0.6 is 0 Å². The van der Waals surface area contributed by atoms with Crippen LogP contribution < -0.4 is 5.73 Å². The van der Waals surface area contributed by atoms with E-state index in [-0.39, 0.29) is 43.6 Å². The number of carboxylic acids is 1. The van der Waals surface area contributed by atoms with Crippen molar-refractivity contribution < 1.29 is 28.4 Å². The SMILES string of the molecule is CN1[C@H]2CC2N(S(=O)(=O)N2C[C@H](CCCB(O)O)[C@](N)(C(=O)O)C2)[C@@H]2C[C@@H]21.